The molecule has 3 nitrogen and oxygen atoms in total. The van der Waals surface area contributed by atoms with E-state index in [1.165, 1.54) is 11.3 Å². The van der Waals surface area contributed by atoms with E-state index in [9.17, 15) is 0 Å². The molecule has 2 heterocycles. The first-order valence-electron chi connectivity index (χ1n) is 5.33. The summed E-state index contributed by atoms with van der Waals surface area (Å²) in [5.41, 5.74) is 1.79. The van der Waals surface area contributed by atoms with Crippen LogP contribution in [0.3, 0.4) is 0 Å². The van der Waals surface area contributed by atoms with E-state index in [-0.39, 0.29) is 0 Å². The number of nitrogens with one attached hydrogen (secondary N) is 1. The smallest absolute Gasteiger partial charge is 0.187 e. The number of benzene rings is 1. The number of aromatic nitrogens is 1. The van der Waals surface area contributed by atoms with E-state index >= 15 is 0 Å². The highest BCUT2D eigenvalue weighted by Crippen LogP contribution is 2.27. The summed E-state index contributed by atoms with van der Waals surface area (Å²) in [5.74, 6) is 0.774. The van der Waals surface area contributed by atoms with Crippen LogP contribution < -0.4 is 5.32 Å². The molecule has 0 amide bonds. The van der Waals surface area contributed by atoms with E-state index in [1.54, 1.807) is 6.26 Å². The van der Waals surface area contributed by atoms with Crippen LogP contribution in [-0.4, -0.2) is 4.98 Å². The Morgan fingerprint density at radius 3 is 2.72 bits per heavy atom. The zero-order valence-electron chi connectivity index (χ0n) is 9.26. The second-order valence-electron chi connectivity index (χ2n) is 3.65. The monoisotopic (exact) mass is 276 g/mol. The molecular weight excluding hydrogens is 268 g/mol. The van der Waals surface area contributed by atoms with E-state index in [4.69, 9.17) is 16.0 Å². The molecule has 0 aliphatic heterocycles. The van der Waals surface area contributed by atoms with Gasteiger partial charge in [0.05, 0.1) is 6.26 Å². The SMILES string of the molecule is Clc1ccc(Nc2nc(-c3ccco3)cs2)cc1. The molecule has 0 aliphatic carbocycles. The summed E-state index contributed by atoms with van der Waals surface area (Å²) in [4.78, 5) is 4.45. The molecule has 0 saturated carbocycles. The second kappa shape index (κ2) is 4.84. The molecular formula is C13H9ClN2OS. The molecule has 0 radical (unpaired) electrons. The molecule has 0 spiro atoms. The van der Waals surface area contributed by atoms with Crippen molar-refractivity contribution in [3.8, 4) is 11.5 Å². The maximum Gasteiger partial charge on any atom is 0.187 e. The maximum absolute atomic E-state index is 5.83. The zero-order chi connectivity index (χ0) is 12.4. The summed E-state index contributed by atoms with van der Waals surface area (Å²) in [6.07, 6.45) is 1.64. The van der Waals surface area contributed by atoms with Crippen LogP contribution in [0.5, 0.6) is 0 Å². The van der Waals surface area contributed by atoms with Gasteiger partial charge in [-0.2, -0.15) is 0 Å². The Kier molecular flexibility index (Phi) is 3.04. The molecule has 3 aromatic rings. The van der Waals surface area contributed by atoms with Gasteiger partial charge in [0, 0.05) is 16.1 Å². The Balaban J connectivity index is 1.80. The fourth-order valence-electron chi connectivity index (χ4n) is 1.53. The first-order valence-corrected chi connectivity index (χ1v) is 6.59. The molecule has 0 saturated heterocycles. The van der Waals surface area contributed by atoms with Gasteiger partial charge in [0.1, 0.15) is 5.69 Å². The van der Waals surface area contributed by atoms with Crippen molar-refractivity contribution in [2.24, 2.45) is 0 Å². The van der Waals surface area contributed by atoms with Crippen molar-refractivity contribution >= 4 is 33.8 Å². The number of rotatable bonds is 3. The number of furan rings is 1. The Morgan fingerprint density at radius 1 is 1.17 bits per heavy atom. The minimum Gasteiger partial charge on any atom is -0.463 e. The van der Waals surface area contributed by atoms with Gasteiger partial charge >= 0.3 is 0 Å². The van der Waals surface area contributed by atoms with Crippen LogP contribution >= 0.6 is 22.9 Å². The topological polar surface area (TPSA) is 38.1 Å². The van der Waals surface area contributed by atoms with E-state index in [2.05, 4.69) is 10.3 Å². The predicted molar refractivity (Wildman–Crippen MR) is 74.6 cm³/mol. The highest BCUT2D eigenvalue weighted by Gasteiger charge is 2.06. The number of halogens is 1. The van der Waals surface area contributed by atoms with Crippen molar-refractivity contribution < 1.29 is 4.42 Å². The van der Waals surface area contributed by atoms with Gasteiger partial charge in [-0.3, -0.25) is 0 Å². The average Bonchev–Trinajstić information content (AvgIpc) is 3.02. The predicted octanol–water partition coefficient (Wildman–Crippen LogP) is 4.80. The number of hydrogen-bond donors (Lipinski definition) is 1. The van der Waals surface area contributed by atoms with Crippen molar-refractivity contribution in [2.75, 3.05) is 5.32 Å². The molecule has 5 heteroatoms. The molecule has 1 aromatic carbocycles. The van der Waals surface area contributed by atoms with Crippen molar-refractivity contribution in [2.45, 2.75) is 0 Å². The number of nitrogens with zero attached hydrogens (tertiary/aromatic N) is 1. The summed E-state index contributed by atoms with van der Waals surface area (Å²) < 4.78 is 5.30. The van der Waals surface area contributed by atoms with Gasteiger partial charge in [-0.15, -0.1) is 11.3 Å². The van der Waals surface area contributed by atoms with Crippen LogP contribution in [0.4, 0.5) is 10.8 Å². The van der Waals surface area contributed by atoms with E-state index in [1.807, 2.05) is 41.8 Å². The molecule has 0 aliphatic rings. The molecule has 0 unspecified atom stereocenters. The normalized spacial score (nSPS) is 10.5. The van der Waals surface area contributed by atoms with Gasteiger partial charge in [0.2, 0.25) is 0 Å². The average molecular weight is 277 g/mol. The van der Waals surface area contributed by atoms with Crippen LogP contribution in [0.25, 0.3) is 11.5 Å². The summed E-state index contributed by atoms with van der Waals surface area (Å²) in [6, 6.07) is 11.2. The summed E-state index contributed by atoms with van der Waals surface area (Å²) in [6.45, 7) is 0. The number of anilines is 2. The minimum atomic E-state index is 0.718. The molecule has 18 heavy (non-hydrogen) atoms. The third kappa shape index (κ3) is 2.39. The van der Waals surface area contributed by atoms with Crippen LogP contribution in [-0.2, 0) is 0 Å². The Labute approximate surface area is 113 Å². The van der Waals surface area contributed by atoms with Gasteiger partial charge in [-0.05, 0) is 36.4 Å². The molecule has 1 N–H and O–H groups in total. The molecule has 0 fully saturated rings. The largest absolute Gasteiger partial charge is 0.463 e. The number of thiazole rings is 1. The summed E-state index contributed by atoms with van der Waals surface area (Å²) >= 11 is 7.36. The van der Waals surface area contributed by atoms with Gasteiger partial charge in [-0.1, -0.05) is 11.6 Å². The molecule has 0 bridgehead atoms. The summed E-state index contributed by atoms with van der Waals surface area (Å²) in [7, 11) is 0. The van der Waals surface area contributed by atoms with Crippen LogP contribution in [0, 0.1) is 0 Å². The van der Waals surface area contributed by atoms with E-state index in [0.29, 0.717) is 0 Å². The summed E-state index contributed by atoms with van der Waals surface area (Å²) in [5, 5.41) is 6.72. The van der Waals surface area contributed by atoms with Crippen molar-refractivity contribution in [1.29, 1.82) is 0 Å². The lowest BCUT2D eigenvalue weighted by Crippen LogP contribution is -1.88. The van der Waals surface area contributed by atoms with Crippen molar-refractivity contribution in [1.82, 2.24) is 4.98 Å². The molecule has 3 rings (SSSR count). The Bertz CT molecular complexity index is 631. The highest BCUT2D eigenvalue weighted by atomic mass is 35.5. The molecule has 2 aromatic heterocycles. The molecule has 90 valence electrons. The first-order chi connectivity index (χ1) is 8.81. The minimum absolute atomic E-state index is 0.718. The van der Waals surface area contributed by atoms with Crippen molar-refractivity contribution in [3.63, 3.8) is 0 Å². The lowest BCUT2D eigenvalue weighted by molar-refractivity contribution is 0.580. The second-order valence-corrected chi connectivity index (χ2v) is 4.94. The molecule has 0 atom stereocenters. The van der Waals surface area contributed by atoms with Gasteiger partial charge in [0.25, 0.3) is 0 Å². The van der Waals surface area contributed by atoms with Crippen LogP contribution in [0.1, 0.15) is 0 Å². The maximum atomic E-state index is 5.83. The lowest BCUT2D eigenvalue weighted by atomic mass is 10.3. The quantitative estimate of drug-likeness (QED) is 0.747. The fraction of sp³-hybridized carbons (Fsp3) is 0. The first kappa shape index (κ1) is 11.3. The van der Waals surface area contributed by atoms with Crippen LogP contribution in [0.2, 0.25) is 5.02 Å². The van der Waals surface area contributed by atoms with Gasteiger partial charge in [0.15, 0.2) is 10.9 Å². The van der Waals surface area contributed by atoms with Crippen LogP contribution in [0.15, 0.2) is 52.5 Å². The third-order valence-electron chi connectivity index (χ3n) is 2.37. The van der Waals surface area contributed by atoms with E-state index in [0.717, 1.165) is 27.3 Å². The van der Waals surface area contributed by atoms with E-state index < -0.39 is 0 Å². The zero-order valence-corrected chi connectivity index (χ0v) is 10.8. The fourth-order valence-corrected chi connectivity index (χ4v) is 2.37. The third-order valence-corrected chi connectivity index (χ3v) is 3.38. The number of hydrogen-bond acceptors (Lipinski definition) is 4. The Morgan fingerprint density at radius 2 is 2.00 bits per heavy atom. The van der Waals surface area contributed by atoms with Crippen molar-refractivity contribution in [3.05, 3.63) is 53.1 Å². The highest BCUT2D eigenvalue weighted by molar-refractivity contribution is 7.14. The standard InChI is InChI=1S/C13H9ClN2OS/c14-9-3-5-10(6-4-9)15-13-16-11(8-18-13)12-2-1-7-17-12/h1-8H,(H,15,16). The van der Waals surface area contributed by atoms with Gasteiger partial charge in [-0.25, -0.2) is 4.98 Å². The van der Waals surface area contributed by atoms with Gasteiger partial charge < -0.3 is 9.73 Å². The lowest BCUT2D eigenvalue weighted by Gasteiger charge is -2.01. The Hall–Kier alpha value is -1.78.